The van der Waals surface area contributed by atoms with Gasteiger partial charge in [0.2, 0.25) is 11.8 Å². The second-order valence-electron chi connectivity index (χ2n) is 5.12. The van der Waals surface area contributed by atoms with Crippen LogP contribution in [0.15, 0.2) is 6.20 Å². The highest BCUT2D eigenvalue weighted by molar-refractivity contribution is 7.11. The minimum atomic E-state index is -0.409. The van der Waals surface area contributed by atoms with Gasteiger partial charge in [0, 0.05) is 11.1 Å². The van der Waals surface area contributed by atoms with E-state index in [1.807, 2.05) is 33.9 Å². The predicted molar refractivity (Wildman–Crippen MR) is 78.4 cm³/mol. The smallest absolute Gasteiger partial charge is 0.246 e. The number of piperazine rings is 1. The van der Waals surface area contributed by atoms with Crippen LogP contribution in [0.5, 0.6) is 0 Å². The Hall–Kier alpha value is -1.43. The second-order valence-corrected chi connectivity index (χ2v) is 6.39. The molecule has 1 saturated heterocycles. The zero-order valence-corrected chi connectivity index (χ0v) is 13.2. The molecule has 1 fully saturated rings. The van der Waals surface area contributed by atoms with Crippen molar-refractivity contribution in [2.24, 2.45) is 0 Å². The van der Waals surface area contributed by atoms with Crippen LogP contribution in [-0.4, -0.2) is 33.8 Å². The van der Waals surface area contributed by atoms with E-state index in [1.54, 1.807) is 16.2 Å². The molecule has 5 nitrogen and oxygen atoms in total. The number of carbonyl (C=O) groups is 2. The molecule has 0 aliphatic carbocycles. The summed E-state index contributed by atoms with van der Waals surface area (Å²) in [6.45, 7) is 7.77. The molecule has 1 aromatic heterocycles. The van der Waals surface area contributed by atoms with E-state index in [1.165, 1.54) is 0 Å². The number of hydrogen-bond donors (Lipinski definition) is 1. The second kappa shape index (κ2) is 5.91. The maximum Gasteiger partial charge on any atom is 0.246 e. The molecule has 1 aliphatic heterocycles. The van der Waals surface area contributed by atoms with Gasteiger partial charge in [-0.25, -0.2) is 4.98 Å². The Bertz CT molecular complexity index is 514. The maximum absolute atomic E-state index is 12.6. The molecule has 1 aliphatic rings. The van der Waals surface area contributed by atoms with Crippen LogP contribution in [-0.2, 0) is 9.59 Å². The molecule has 1 N–H and O–H groups in total. The van der Waals surface area contributed by atoms with Crippen molar-refractivity contribution in [1.82, 2.24) is 15.2 Å². The summed E-state index contributed by atoms with van der Waals surface area (Å²) in [6.07, 6.45) is 3.03. The minimum Gasteiger partial charge on any atom is -0.343 e. The first-order valence-corrected chi connectivity index (χ1v) is 7.86. The molecule has 0 spiro atoms. The van der Waals surface area contributed by atoms with Crippen LogP contribution in [0.25, 0.3) is 0 Å². The number of amides is 2. The summed E-state index contributed by atoms with van der Waals surface area (Å²) in [5.41, 5.74) is 0. The number of nitrogens with one attached hydrogen (secondary N) is 1. The van der Waals surface area contributed by atoms with Crippen LogP contribution in [0.2, 0.25) is 0 Å². The Kier molecular flexibility index (Phi) is 4.42. The van der Waals surface area contributed by atoms with Crippen molar-refractivity contribution in [2.45, 2.75) is 58.7 Å². The summed E-state index contributed by atoms with van der Waals surface area (Å²) in [7, 11) is 0. The number of aryl methyl sites for hydroxylation is 1. The summed E-state index contributed by atoms with van der Waals surface area (Å²) in [4.78, 5) is 31.9. The van der Waals surface area contributed by atoms with Crippen molar-refractivity contribution in [3.8, 4) is 0 Å². The molecular formula is C14H21N3O2S. The van der Waals surface area contributed by atoms with E-state index in [-0.39, 0.29) is 17.9 Å². The van der Waals surface area contributed by atoms with Crippen molar-refractivity contribution in [3.63, 3.8) is 0 Å². The van der Waals surface area contributed by atoms with Gasteiger partial charge in [0.15, 0.2) is 0 Å². The van der Waals surface area contributed by atoms with E-state index in [9.17, 15) is 9.59 Å². The van der Waals surface area contributed by atoms with Gasteiger partial charge < -0.3 is 10.2 Å². The van der Waals surface area contributed by atoms with Gasteiger partial charge in [-0.05, 0) is 26.7 Å². The monoisotopic (exact) mass is 295 g/mol. The van der Waals surface area contributed by atoms with Crippen molar-refractivity contribution in [3.05, 3.63) is 16.1 Å². The van der Waals surface area contributed by atoms with Crippen molar-refractivity contribution in [1.29, 1.82) is 0 Å². The average molecular weight is 295 g/mol. The average Bonchev–Trinajstić information content (AvgIpc) is 2.86. The molecule has 110 valence electrons. The van der Waals surface area contributed by atoms with Crippen LogP contribution in [0, 0.1) is 6.92 Å². The number of nitrogens with zero attached hydrogens (tertiary/aromatic N) is 2. The lowest BCUT2D eigenvalue weighted by molar-refractivity contribution is -0.152. The fourth-order valence-electron chi connectivity index (χ4n) is 2.59. The lowest BCUT2D eigenvalue weighted by Crippen LogP contribution is -2.63. The SMILES string of the molecule is CCC1NC(=O)C(CC)N(C(C)c2ncc(C)s2)C1=O. The molecule has 0 saturated carbocycles. The third-order valence-corrected chi connectivity index (χ3v) is 4.80. The molecule has 0 aromatic carbocycles. The van der Waals surface area contributed by atoms with Gasteiger partial charge >= 0.3 is 0 Å². The Morgan fingerprint density at radius 2 is 2.10 bits per heavy atom. The standard InChI is InChI=1S/C14H21N3O2S/c1-5-10-14(19)17(11(6-2)12(18)16-10)9(4)13-15-7-8(3)20-13/h7,9-11H,5-6H2,1-4H3,(H,16,18). The van der Waals surface area contributed by atoms with E-state index in [0.29, 0.717) is 12.8 Å². The van der Waals surface area contributed by atoms with Gasteiger partial charge in [0.1, 0.15) is 17.1 Å². The topological polar surface area (TPSA) is 62.3 Å². The van der Waals surface area contributed by atoms with Gasteiger partial charge in [0.25, 0.3) is 0 Å². The molecule has 0 bridgehead atoms. The highest BCUT2D eigenvalue weighted by Crippen LogP contribution is 2.30. The predicted octanol–water partition coefficient (Wildman–Crippen LogP) is 2.03. The first-order valence-electron chi connectivity index (χ1n) is 7.04. The van der Waals surface area contributed by atoms with E-state index >= 15 is 0 Å². The number of thiazole rings is 1. The highest BCUT2D eigenvalue weighted by Gasteiger charge is 2.41. The summed E-state index contributed by atoms with van der Waals surface area (Å²) in [5.74, 6) is -0.0571. The molecule has 20 heavy (non-hydrogen) atoms. The van der Waals surface area contributed by atoms with Gasteiger partial charge in [0.05, 0.1) is 6.04 Å². The maximum atomic E-state index is 12.6. The summed E-state index contributed by atoms with van der Waals surface area (Å²) in [5, 5.41) is 3.70. The van der Waals surface area contributed by atoms with Crippen molar-refractivity contribution >= 4 is 23.2 Å². The first-order chi connectivity index (χ1) is 9.49. The van der Waals surface area contributed by atoms with Crippen LogP contribution in [0.3, 0.4) is 0 Å². The van der Waals surface area contributed by atoms with E-state index in [2.05, 4.69) is 10.3 Å². The van der Waals surface area contributed by atoms with Crippen LogP contribution in [0.4, 0.5) is 0 Å². The normalized spacial score (nSPS) is 24.7. The number of hydrogen-bond acceptors (Lipinski definition) is 4. The summed E-state index contributed by atoms with van der Waals surface area (Å²) in [6, 6.07) is -0.968. The molecule has 6 heteroatoms. The Balaban J connectivity index is 2.33. The highest BCUT2D eigenvalue weighted by atomic mass is 32.1. The summed E-state index contributed by atoms with van der Waals surface area (Å²) < 4.78 is 0. The van der Waals surface area contributed by atoms with E-state index in [4.69, 9.17) is 0 Å². The Morgan fingerprint density at radius 3 is 2.60 bits per heavy atom. The van der Waals surface area contributed by atoms with E-state index in [0.717, 1.165) is 9.88 Å². The van der Waals surface area contributed by atoms with Gasteiger partial charge in [-0.2, -0.15) is 0 Å². The van der Waals surface area contributed by atoms with Crippen LogP contribution in [0.1, 0.15) is 49.5 Å². The molecule has 3 atom stereocenters. The fourth-order valence-corrected chi connectivity index (χ4v) is 3.42. The third kappa shape index (κ3) is 2.57. The van der Waals surface area contributed by atoms with E-state index < -0.39 is 12.1 Å². The molecule has 2 heterocycles. The molecule has 2 rings (SSSR count). The van der Waals surface area contributed by atoms with Gasteiger partial charge in [-0.15, -0.1) is 11.3 Å². The zero-order valence-electron chi connectivity index (χ0n) is 12.3. The minimum absolute atomic E-state index is 0.000645. The number of rotatable bonds is 4. The number of aromatic nitrogens is 1. The molecule has 2 amide bonds. The van der Waals surface area contributed by atoms with Crippen LogP contribution >= 0.6 is 11.3 Å². The zero-order chi connectivity index (χ0) is 14.9. The summed E-state index contributed by atoms with van der Waals surface area (Å²) >= 11 is 1.58. The Labute approximate surface area is 123 Å². The Morgan fingerprint density at radius 1 is 1.40 bits per heavy atom. The van der Waals surface area contributed by atoms with Crippen molar-refractivity contribution < 1.29 is 9.59 Å². The van der Waals surface area contributed by atoms with Gasteiger partial charge in [-0.1, -0.05) is 13.8 Å². The lowest BCUT2D eigenvalue weighted by atomic mass is 10.0. The van der Waals surface area contributed by atoms with Crippen molar-refractivity contribution in [2.75, 3.05) is 0 Å². The lowest BCUT2D eigenvalue weighted by Gasteiger charge is -2.41. The van der Waals surface area contributed by atoms with Crippen LogP contribution < -0.4 is 5.32 Å². The first kappa shape index (κ1) is 15.0. The molecule has 1 aromatic rings. The third-order valence-electron chi connectivity index (χ3n) is 3.72. The largest absolute Gasteiger partial charge is 0.343 e. The molecule has 3 unspecified atom stereocenters. The molecule has 0 radical (unpaired) electrons. The quantitative estimate of drug-likeness (QED) is 0.924. The van der Waals surface area contributed by atoms with Gasteiger partial charge in [-0.3, -0.25) is 9.59 Å². The number of carbonyl (C=O) groups excluding carboxylic acids is 2. The fraction of sp³-hybridized carbons (Fsp3) is 0.643. The molecular weight excluding hydrogens is 274 g/mol.